The molecule has 1 N–H and O–H groups in total. The summed E-state index contributed by atoms with van der Waals surface area (Å²) in [5.41, 5.74) is 2.68. The van der Waals surface area contributed by atoms with Gasteiger partial charge in [-0.2, -0.15) is 0 Å². The molecule has 106 valence electrons. The summed E-state index contributed by atoms with van der Waals surface area (Å²) < 4.78 is 6.09. The maximum atomic E-state index is 6.09. The SMILES string of the molecule is CCc1ccc(C2OCCC(C(C)C)NC2C)cc1. The minimum atomic E-state index is 0.176. The third kappa shape index (κ3) is 3.58. The highest BCUT2D eigenvalue weighted by Crippen LogP contribution is 2.26. The highest BCUT2D eigenvalue weighted by molar-refractivity contribution is 5.25. The molecule has 0 spiro atoms. The molecule has 19 heavy (non-hydrogen) atoms. The molecule has 1 aromatic rings. The van der Waals surface area contributed by atoms with Crippen LogP contribution in [0.3, 0.4) is 0 Å². The van der Waals surface area contributed by atoms with E-state index in [1.54, 1.807) is 0 Å². The van der Waals surface area contributed by atoms with Gasteiger partial charge >= 0.3 is 0 Å². The van der Waals surface area contributed by atoms with Gasteiger partial charge in [-0.15, -0.1) is 0 Å². The van der Waals surface area contributed by atoms with Crippen LogP contribution >= 0.6 is 0 Å². The van der Waals surface area contributed by atoms with Crippen molar-refractivity contribution in [3.05, 3.63) is 35.4 Å². The summed E-state index contributed by atoms with van der Waals surface area (Å²) in [6.07, 6.45) is 2.37. The van der Waals surface area contributed by atoms with Crippen molar-refractivity contribution in [1.29, 1.82) is 0 Å². The first-order chi connectivity index (χ1) is 9.11. The van der Waals surface area contributed by atoms with Crippen LogP contribution in [0.4, 0.5) is 0 Å². The zero-order valence-corrected chi connectivity index (χ0v) is 12.6. The van der Waals surface area contributed by atoms with E-state index in [0.717, 1.165) is 19.4 Å². The third-order valence-corrected chi connectivity index (χ3v) is 4.18. The van der Waals surface area contributed by atoms with E-state index in [-0.39, 0.29) is 6.10 Å². The number of nitrogens with one attached hydrogen (secondary N) is 1. The fraction of sp³-hybridized carbons (Fsp3) is 0.647. The van der Waals surface area contributed by atoms with Crippen molar-refractivity contribution in [3.63, 3.8) is 0 Å². The Morgan fingerprint density at radius 3 is 2.53 bits per heavy atom. The summed E-state index contributed by atoms with van der Waals surface area (Å²) in [5, 5.41) is 3.73. The summed E-state index contributed by atoms with van der Waals surface area (Å²) in [5.74, 6) is 0.660. The lowest BCUT2D eigenvalue weighted by molar-refractivity contribution is 0.0461. The fourth-order valence-corrected chi connectivity index (χ4v) is 2.83. The summed E-state index contributed by atoms with van der Waals surface area (Å²) >= 11 is 0. The molecule has 2 nitrogen and oxygen atoms in total. The van der Waals surface area contributed by atoms with Gasteiger partial charge in [0.2, 0.25) is 0 Å². The summed E-state index contributed by atoms with van der Waals surface area (Å²) in [6, 6.07) is 9.80. The molecule has 0 aromatic heterocycles. The molecule has 1 aliphatic rings. The van der Waals surface area contributed by atoms with Gasteiger partial charge in [-0.1, -0.05) is 45.0 Å². The Hall–Kier alpha value is -0.860. The average molecular weight is 261 g/mol. The molecule has 2 rings (SSSR count). The van der Waals surface area contributed by atoms with E-state index in [1.165, 1.54) is 11.1 Å². The number of hydrogen-bond donors (Lipinski definition) is 1. The number of ether oxygens (including phenoxy) is 1. The predicted octanol–water partition coefficient (Wildman–Crippen LogP) is 3.71. The molecule has 2 heteroatoms. The summed E-state index contributed by atoms with van der Waals surface area (Å²) in [6.45, 7) is 9.83. The van der Waals surface area contributed by atoms with E-state index < -0.39 is 0 Å². The molecule has 0 amide bonds. The standard InChI is InChI=1S/C17H27NO/c1-5-14-6-8-15(9-7-14)17-13(4)18-16(12(2)3)10-11-19-17/h6-9,12-13,16-18H,5,10-11H2,1-4H3. The monoisotopic (exact) mass is 261 g/mol. The Labute approximate surface area is 117 Å². The first-order valence-corrected chi connectivity index (χ1v) is 7.58. The minimum Gasteiger partial charge on any atom is -0.372 e. The average Bonchev–Trinajstić information content (AvgIpc) is 2.61. The van der Waals surface area contributed by atoms with Crippen molar-refractivity contribution in [2.75, 3.05) is 6.61 Å². The van der Waals surface area contributed by atoms with Gasteiger partial charge in [0.1, 0.15) is 0 Å². The Balaban J connectivity index is 2.10. The highest BCUT2D eigenvalue weighted by atomic mass is 16.5. The van der Waals surface area contributed by atoms with E-state index in [4.69, 9.17) is 4.74 Å². The molecular weight excluding hydrogens is 234 g/mol. The Morgan fingerprint density at radius 2 is 1.95 bits per heavy atom. The zero-order valence-electron chi connectivity index (χ0n) is 12.6. The molecule has 0 aliphatic carbocycles. The Bertz CT molecular complexity index is 385. The minimum absolute atomic E-state index is 0.176. The van der Waals surface area contributed by atoms with Crippen molar-refractivity contribution in [1.82, 2.24) is 5.32 Å². The van der Waals surface area contributed by atoms with Gasteiger partial charge in [-0.05, 0) is 36.8 Å². The lowest BCUT2D eigenvalue weighted by Gasteiger charge is -2.26. The summed E-state index contributed by atoms with van der Waals surface area (Å²) in [4.78, 5) is 0. The van der Waals surface area contributed by atoms with E-state index >= 15 is 0 Å². The van der Waals surface area contributed by atoms with Crippen molar-refractivity contribution in [2.45, 2.75) is 58.7 Å². The molecule has 0 radical (unpaired) electrons. The number of benzene rings is 1. The molecule has 1 heterocycles. The maximum absolute atomic E-state index is 6.09. The van der Waals surface area contributed by atoms with Crippen LogP contribution in [-0.4, -0.2) is 18.7 Å². The van der Waals surface area contributed by atoms with E-state index in [1.807, 2.05) is 0 Å². The van der Waals surface area contributed by atoms with Crippen molar-refractivity contribution in [3.8, 4) is 0 Å². The normalized spacial score (nSPS) is 28.4. The van der Waals surface area contributed by atoms with Crippen LogP contribution in [0, 0.1) is 5.92 Å². The predicted molar refractivity (Wildman–Crippen MR) is 80.4 cm³/mol. The lowest BCUT2D eigenvalue weighted by Crippen LogP contribution is -2.41. The van der Waals surface area contributed by atoms with Gasteiger partial charge in [0.05, 0.1) is 6.10 Å². The van der Waals surface area contributed by atoms with Crippen molar-refractivity contribution in [2.24, 2.45) is 5.92 Å². The second-order valence-corrected chi connectivity index (χ2v) is 5.98. The largest absolute Gasteiger partial charge is 0.372 e. The second kappa shape index (κ2) is 6.53. The van der Waals surface area contributed by atoms with Gasteiger partial charge in [0.15, 0.2) is 0 Å². The van der Waals surface area contributed by atoms with Crippen LogP contribution in [0.25, 0.3) is 0 Å². The molecule has 0 bridgehead atoms. The van der Waals surface area contributed by atoms with Crippen LogP contribution in [0.15, 0.2) is 24.3 Å². The third-order valence-electron chi connectivity index (χ3n) is 4.18. The van der Waals surface area contributed by atoms with Crippen LogP contribution < -0.4 is 5.32 Å². The van der Waals surface area contributed by atoms with Crippen molar-refractivity contribution < 1.29 is 4.74 Å². The Kier molecular flexibility index (Phi) is 5.00. The van der Waals surface area contributed by atoms with Crippen LogP contribution in [0.1, 0.15) is 51.3 Å². The maximum Gasteiger partial charge on any atom is 0.0975 e. The van der Waals surface area contributed by atoms with E-state index in [0.29, 0.717) is 18.0 Å². The topological polar surface area (TPSA) is 21.3 Å². The zero-order chi connectivity index (χ0) is 13.8. The quantitative estimate of drug-likeness (QED) is 0.895. The molecule has 3 unspecified atom stereocenters. The molecule has 0 saturated carbocycles. The fourth-order valence-electron chi connectivity index (χ4n) is 2.83. The van der Waals surface area contributed by atoms with Crippen LogP contribution in [0.5, 0.6) is 0 Å². The van der Waals surface area contributed by atoms with Gasteiger partial charge in [0, 0.05) is 18.7 Å². The Morgan fingerprint density at radius 1 is 1.26 bits per heavy atom. The smallest absolute Gasteiger partial charge is 0.0975 e. The first kappa shape index (κ1) is 14.5. The molecule has 1 fully saturated rings. The second-order valence-electron chi connectivity index (χ2n) is 5.98. The lowest BCUT2D eigenvalue weighted by atomic mass is 9.98. The number of hydrogen-bond acceptors (Lipinski definition) is 2. The van der Waals surface area contributed by atoms with Crippen molar-refractivity contribution >= 4 is 0 Å². The number of aryl methyl sites for hydroxylation is 1. The number of rotatable bonds is 3. The molecule has 3 atom stereocenters. The molecular formula is C17H27NO. The van der Waals surface area contributed by atoms with Crippen LogP contribution in [0.2, 0.25) is 0 Å². The van der Waals surface area contributed by atoms with Crippen LogP contribution in [-0.2, 0) is 11.2 Å². The van der Waals surface area contributed by atoms with E-state index in [9.17, 15) is 0 Å². The van der Waals surface area contributed by atoms with Gasteiger partial charge in [-0.3, -0.25) is 0 Å². The summed E-state index contributed by atoms with van der Waals surface area (Å²) in [7, 11) is 0. The highest BCUT2D eigenvalue weighted by Gasteiger charge is 2.27. The van der Waals surface area contributed by atoms with Gasteiger partial charge in [0.25, 0.3) is 0 Å². The first-order valence-electron chi connectivity index (χ1n) is 7.58. The molecule has 1 aromatic carbocycles. The van der Waals surface area contributed by atoms with Gasteiger partial charge < -0.3 is 10.1 Å². The van der Waals surface area contributed by atoms with E-state index in [2.05, 4.69) is 57.3 Å². The van der Waals surface area contributed by atoms with Gasteiger partial charge in [-0.25, -0.2) is 0 Å². The molecule has 1 saturated heterocycles. The molecule has 1 aliphatic heterocycles.